The van der Waals surface area contributed by atoms with Crippen LogP contribution in [0.5, 0.6) is 0 Å². The number of nitrogens with zero attached hydrogens (tertiary/aromatic N) is 3. The first-order valence-corrected chi connectivity index (χ1v) is 10.2. The number of amides is 1. The Morgan fingerprint density at radius 3 is 2.54 bits per heavy atom. The maximum absolute atomic E-state index is 13.5. The fourth-order valence-electron chi connectivity index (χ4n) is 4.39. The van der Waals surface area contributed by atoms with Gasteiger partial charge in [0.05, 0.1) is 5.69 Å². The van der Waals surface area contributed by atoms with Gasteiger partial charge in [-0.15, -0.1) is 11.3 Å². The minimum Gasteiger partial charge on any atom is -0.347 e. The molecule has 1 aromatic heterocycles. The lowest BCUT2D eigenvalue weighted by Crippen LogP contribution is -2.54. The van der Waals surface area contributed by atoms with E-state index in [4.69, 9.17) is 0 Å². The van der Waals surface area contributed by atoms with Crippen LogP contribution in [0.3, 0.4) is 0 Å². The van der Waals surface area contributed by atoms with Crippen molar-refractivity contribution in [2.24, 2.45) is 5.41 Å². The summed E-state index contributed by atoms with van der Waals surface area (Å²) in [5.41, 5.74) is 0.544. The highest BCUT2D eigenvalue weighted by Gasteiger charge is 2.48. The van der Waals surface area contributed by atoms with Crippen molar-refractivity contribution in [2.75, 3.05) is 4.90 Å². The van der Waals surface area contributed by atoms with Crippen LogP contribution in [0, 0.1) is 35.4 Å². The van der Waals surface area contributed by atoms with Crippen LogP contribution in [-0.2, 0) is 0 Å². The van der Waals surface area contributed by atoms with Crippen LogP contribution in [0.25, 0.3) is 0 Å². The summed E-state index contributed by atoms with van der Waals surface area (Å²) >= 11 is 1.14. The number of halogens is 2. The Morgan fingerprint density at radius 1 is 1.29 bits per heavy atom. The standard InChI is InChI=1S/C20H20F2N4OS/c1-12-17(18(27)24-16-4-7-20(16)5-2-3-6-20)25-19(28-12)26(11-23)15-9-13(21)8-14(22)10-15/h8-10,16H,2-7H2,1H3,(H,24,27). The van der Waals surface area contributed by atoms with Gasteiger partial charge < -0.3 is 5.32 Å². The summed E-state index contributed by atoms with van der Waals surface area (Å²) in [6.45, 7) is 1.75. The molecule has 2 aromatic rings. The minimum absolute atomic E-state index is 0.0320. The lowest BCUT2D eigenvalue weighted by atomic mass is 9.63. The van der Waals surface area contributed by atoms with Gasteiger partial charge in [-0.3, -0.25) is 4.79 Å². The first-order chi connectivity index (χ1) is 13.4. The second kappa shape index (κ2) is 7.13. The molecule has 2 aliphatic carbocycles. The molecule has 1 amide bonds. The van der Waals surface area contributed by atoms with E-state index in [1.165, 1.54) is 12.8 Å². The van der Waals surface area contributed by atoms with Crippen molar-refractivity contribution in [1.29, 1.82) is 5.26 Å². The van der Waals surface area contributed by atoms with Crippen LogP contribution in [-0.4, -0.2) is 16.9 Å². The van der Waals surface area contributed by atoms with Gasteiger partial charge in [-0.1, -0.05) is 12.8 Å². The topological polar surface area (TPSA) is 69.0 Å². The van der Waals surface area contributed by atoms with Crippen molar-refractivity contribution in [1.82, 2.24) is 10.3 Å². The van der Waals surface area contributed by atoms with E-state index in [2.05, 4.69) is 10.3 Å². The van der Waals surface area contributed by atoms with Gasteiger partial charge in [0.25, 0.3) is 5.91 Å². The molecule has 2 saturated carbocycles. The number of anilines is 2. The number of hydrogen-bond donors (Lipinski definition) is 1. The number of nitrogens with one attached hydrogen (secondary N) is 1. The van der Waals surface area contributed by atoms with Gasteiger partial charge in [-0.25, -0.2) is 18.7 Å². The van der Waals surface area contributed by atoms with E-state index in [0.29, 0.717) is 4.88 Å². The van der Waals surface area contributed by atoms with Crippen molar-refractivity contribution in [3.05, 3.63) is 40.4 Å². The molecule has 1 N–H and O–H groups in total. The molecule has 4 rings (SSSR count). The lowest BCUT2D eigenvalue weighted by molar-refractivity contribution is 0.0579. The number of rotatable bonds is 4. The van der Waals surface area contributed by atoms with Crippen molar-refractivity contribution in [2.45, 2.75) is 51.5 Å². The quantitative estimate of drug-likeness (QED) is 0.589. The van der Waals surface area contributed by atoms with Gasteiger partial charge in [0.2, 0.25) is 5.13 Å². The molecule has 146 valence electrons. The molecule has 1 atom stereocenters. The smallest absolute Gasteiger partial charge is 0.271 e. The number of carbonyl (C=O) groups is 1. The molecular formula is C20H20F2N4OS. The summed E-state index contributed by atoms with van der Waals surface area (Å²) < 4.78 is 27.1. The Morgan fingerprint density at radius 2 is 1.96 bits per heavy atom. The van der Waals surface area contributed by atoms with Gasteiger partial charge in [-0.2, -0.15) is 5.26 Å². The van der Waals surface area contributed by atoms with E-state index in [1.54, 1.807) is 6.92 Å². The van der Waals surface area contributed by atoms with E-state index in [1.807, 2.05) is 6.19 Å². The summed E-state index contributed by atoms with van der Waals surface area (Å²) in [6.07, 6.45) is 8.78. The average molecular weight is 402 g/mol. The number of carbonyl (C=O) groups excluding carboxylic acids is 1. The number of aromatic nitrogens is 1. The summed E-state index contributed by atoms with van der Waals surface area (Å²) in [5.74, 6) is -1.82. The van der Waals surface area contributed by atoms with Gasteiger partial charge >= 0.3 is 0 Å². The highest BCUT2D eigenvalue weighted by atomic mass is 32.1. The van der Waals surface area contributed by atoms with Gasteiger partial charge in [0, 0.05) is 17.0 Å². The van der Waals surface area contributed by atoms with Gasteiger partial charge in [0.15, 0.2) is 6.19 Å². The predicted octanol–water partition coefficient (Wildman–Crippen LogP) is 4.80. The van der Waals surface area contributed by atoms with E-state index in [0.717, 1.165) is 60.1 Å². The monoisotopic (exact) mass is 402 g/mol. The van der Waals surface area contributed by atoms with Crippen molar-refractivity contribution < 1.29 is 13.6 Å². The van der Waals surface area contributed by atoms with Crippen molar-refractivity contribution in [3.8, 4) is 6.19 Å². The Balaban J connectivity index is 1.55. The first-order valence-electron chi connectivity index (χ1n) is 9.36. The highest BCUT2D eigenvalue weighted by Crippen LogP contribution is 2.53. The number of aryl methyl sites for hydroxylation is 1. The molecule has 0 saturated heterocycles. The maximum Gasteiger partial charge on any atom is 0.271 e. The lowest BCUT2D eigenvalue weighted by Gasteiger charge is -2.47. The van der Waals surface area contributed by atoms with Crippen LogP contribution in [0.1, 0.15) is 53.9 Å². The zero-order chi connectivity index (χ0) is 19.9. The van der Waals surface area contributed by atoms with Crippen molar-refractivity contribution >= 4 is 28.1 Å². The number of thiazole rings is 1. The molecule has 0 aliphatic heterocycles. The maximum atomic E-state index is 13.5. The fraction of sp³-hybridized carbons (Fsp3) is 0.450. The summed E-state index contributed by atoms with van der Waals surface area (Å²) in [6, 6.07) is 3.03. The van der Waals surface area contributed by atoms with E-state index in [9.17, 15) is 18.8 Å². The van der Waals surface area contributed by atoms with E-state index >= 15 is 0 Å². The Kier molecular flexibility index (Phi) is 4.79. The Hall–Kier alpha value is -2.53. The van der Waals surface area contributed by atoms with Crippen LogP contribution < -0.4 is 10.2 Å². The molecule has 1 heterocycles. The summed E-state index contributed by atoms with van der Waals surface area (Å²) in [5, 5.41) is 12.8. The zero-order valence-corrected chi connectivity index (χ0v) is 16.3. The van der Waals surface area contributed by atoms with Gasteiger partial charge in [-0.05, 0) is 50.2 Å². The zero-order valence-electron chi connectivity index (χ0n) is 15.5. The molecule has 8 heteroatoms. The van der Waals surface area contributed by atoms with Crippen LogP contribution >= 0.6 is 11.3 Å². The third kappa shape index (κ3) is 3.24. The molecule has 2 fully saturated rings. The van der Waals surface area contributed by atoms with Crippen molar-refractivity contribution in [3.63, 3.8) is 0 Å². The molecular weight excluding hydrogens is 382 g/mol. The third-order valence-corrected chi connectivity index (χ3v) is 6.93. The molecule has 0 radical (unpaired) electrons. The van der Waals surface area contributed by atoms with Gasteiger partial charge in [0.1, 0.15) is 17.3 Å². The fourth-order valence-corrected chi connectivity index (χ4v) is 5.28. The summed E-state index contributed by atoms with van der Waals surface area (Å²) in [7, 11) is 0. The van der Waals surface area contributed by atoms with Crippen LogP contribution in [0.2, 0.25) is 0 Å². The molecule has 1 unspecified atom stereocenters. The highest BCUT2D eigenvalue weighted by molar-refractivity contribution is 7.16. The molecule has 2 aliphatic rings. The van der Waals surface area contributed by atoms with Crippen LogP contribution in [0.15, 0.2) is 18.2 Å². The normalized spacial score (nSPS) is 19.9. The number of benzene rings is 1. The Labute approximate surface area is 166 Å². The van der Waals surface area contributed by atoms with E-state index < -0.39 is 11.6 Å². The van der Waals surface area contributed by atoms with E-state index in [-0.39, 0.29) is 33.9 Å². The molecule has 1 spiro atoms. The third-order valence-electron chi connectivity index (χ3n) is 5.97. The average Bonchev–Trinajstić information content (AvgIpc) is 3.27. The summed E-state index contributed by atoms with van der Waals surface area (Å²) in [4.78, 5) is 18.8. The molecule has 28 heavy (non-hydrogen) atoms. The second-order valence-corrected chi connectivity index (χ2v) is 8.78. The SMILES string of the molecule is Cc1sc(N(C#N)c2cc(F)cc(F)c2)nc1C(=O)NC1CCC12CCCC2. The molecule has 1 aromatic carbocycles. The first kappa shape index (κ1) is 18.8. The van der Waals surface area contributed by atoms with Crippen LogP contribution in [0.4, 0.5) is 19.6 Å². The molecule has 5 nitrogen and oxygen atoms in total. The predicted molar refractivity (Wildman–Crippen MR) is 102 cm³/mol. The number of hydrogen-bond acceptors (Lipinski definition) is 5. The Bertz CT molecular complexity index is 941. The molecule has 0 bridgehead atoms. The minimum atomic E-state index is -0.784. The second-order valence-electron chi connectivity index (χ2n) is 7.60. The number of nitriles is 1. The largest absolute Gasteiger partial charge is 0.347 e.